The fourth-order valence-corrected chi connectivity index (χ4v) is 2.60. The molecule has 0 aliphatic rings. The zero-order valence-electron chi connectivity index (χ0n) is 11.1. The molecule has 6 heteroatoms. The molecule has 0 amide bonds. The molecule has 0 radical (unpaired) electrons. The van der Waals surface area contributed by atoms with Crippen LogP contribution in [0.2, 0.25) is 0 Å². The summed E-state index contributed by atoms with van der Waals surface area (Å²) in [5.74, 6) is 1.23. The summed E-state index contributed by atoms with van der Waals surface area (Å²) < 4.78 is 14.3. The lowest BCUT2D eigenvalue weighted by Gasteiger charge is -2.13. The van der Waals surface area contributed by atoms with Crippen LogP contribution in [0.15, 0.2) is 18.2 Å². The van der Waals surface area contributed by atoms with Gasteiger partial charge in [0, 0.05) is 0 Å². The first-order valence-electron chi connectivity index (χ1n) is 5.92. The average molecular weight is 280 g/mol. The van der Waals surface area contributed by atoms with Gasteiger partial charge in [0.15, 0.2) is 11.5 Å². The minimum absolute atomic E-state index is 0.592. The van der Waals surface area contributed by atoms with Crippen LogP contribution in [0.4, 0.5) is 0 Å². The van der Waals surface area contributed by atoms with E-state index in [4.69, 9.17) is 9.47 Å². The smallest absolute Gasteiger partial charge is 0.161 e. The number of rotatable bonds is 5. The van der Waals surface area contributed by atoms with Crippen molar-refractivity contribution >= 4 is 11.5 Å². The second-order valence-corrected chi connectivity index (χ2v) is 4.74. The Hall–Kier alpha value is -1.66. The molecule has 102 valence electrons. The molecular weight excluding hydrogens is 264 g/mol. The molecule has 0 saturated carbocycles. The van der Waals surface area contributed by atoms with Gasteiger partial charge in [-0.25, -0.2) is 0 Å². The number of aromatic nitrogens is 2. The zero-order chi connectivity index (χ0) is 13.8. The van der Waals surface area contributed by atoms with E-state index in [1.165, 1.54) is 11.5 Å². The van der Waals surface area contributed by atoms with E-state index in [1.807, 2.05) is 13.0 Å². The van der Waals surface area contributed by atoms with E-state index in [9.17, 15) is 5.11 Å². The Kier molecular flexibility index (Phi) is 4.34. The van der Waals surface area contributed by atoms with Gasteiger partial charge in [0.2, 0.25) is 0 Å². The summed E-state index contributed by atoms with van der Waals surface area (Å²) >= 11 is 1.22. The van der Waals surface area contributed by atoms with E-state index >= 15 is 0 Å². The van der Waals surface area contributed by atoms with Crippen LogP contribution in [-0.2, 0) is 6.42 Å². The highest BCUT2D eigenvalue weighted by Gasteiger charge is 2.19. The maximum absolute atomic E-state index is 10.4. The number of nitrogens with zero attached hydrogens (tertiary/aromatic N) is 2. The Bertz CT molecular complexity index is 557. The van der Waals surface area contributed by atoms with Crippen molar-refractivity contribution in [3.05, 3.63) is 34.3 Å². The van der Waals surface area contributed by atoms with Gasteiger partial charge in [0.1, 0.15) is 6.10 Å². The number of methoxy groups -OCH3 is 2. The minimum atomic E-state index is -0.741. The quantitative estimate of drug-likeness (QED) is 0.909. The molecule has 0 bridgehead atoms. The fraction of sp³-hybridized carbons (Fsp3) is 0.385. The SMILES string of the molecule is CCc1nnsc1C(O)c1ccc(OC)c(OC)c1. The van der Waals surface area contributed by atoms with Gasteiger partial charge in [-0.1, -0.05) is 17.5 Å². The lowest BCUT2D eigenvalue weighted by Crippen LogP contribution is -2.02. The summed E-state index contributed by atoms with van der Waals surface area (Å²) in [6.07, 6.45) is 0.00525. The van der Waals surface area contributed by atoms with Gasteiger partial charge in [0.05, 0.1) is 24.8 Å². The van der Waals surface area contributed by atoms with Crippen molar-refractivity contribution in [1.82, 2.24) is 9.59 Å². The summed E-state index contributed by atoms with van der Waals surface area (Å²) in [5.41, 5.74) is 1.56. The molecule has 0 aliphatic carbocycles. The van der Waals surface area contributed by atoms with Crippen molar-refractivity contribution in [2.75, 3.05) is 14.2 Å². The summed E-state index contributed by atoms with van der Waals surface area (Å²) in [5, 5.41) is 14.4. The van der Waals surface area contributed by atoms with E-state index in [2.05, 4.69) is 9.59 Å². The Balaban J connectivity index is 2.36. The van der Waals surface area contributed by atoms with Gasteiger partial charge in [-0.05, 0) is 35.6 Å². The number of benzene rings is 1. The molecule has 5 nitrogen and oxygen atoms in total. The van der Waals surface area contributed by atoms with Gasteiger partial charge in [-0.15, -0.1) is 5.10 Å². The van der Waals surface area contributed by atoms with Crippen LogP contribution >= 0.6 is 11.5 Å². The van der Waals surface area contributed by atoms with Crippen LogP contribution < -0.4 is 9.47 Å². The third-order valence-corrected chi connectivity index (χ3v) is 3.71. The summed E-state index contributed by atoms with van der Waals surface area (Å²) in [4.78, 5) is 0.773. The van der Waals surface area contributed by atoms with Crippen LogP contribution in [-0.4, -0.2) is 28.9 Å². The van der Waals surface area contributed by atoms with E-state index in [0.29, 0.717) is 11.5 Å². The second-order valence-electron chi connectivity index (χ2n) is 3.95. The van der Waals surface area contributed by atoms with Crippen molar-refractivity contribution < 1.29 is 14.6 Å². The monoisotopic (exact) mass is 280 g/mol. The van der Waals surface area contributed by atoms with Gasteiger partial charge >= 0.3 is 0 Å². The molecular formula is C13H16N2O3S. The van der Waals surface area contributed by atoms with Crippen molar-refractivity contribution in [3.8, 4) is 11.5 Å². The molecule has 1 N–H and O–H groups in total. The van der Waals surface area contributed by atoms with Crippen molar-refractivity contribution in [1.29, 1.82) is 0 Å². The molecule has 2 rings (SSSR count). The molecule has 2 aromatic rings. The predicted octanol–water partition coefficient (Wildman–Crippen LogP) is 2.20. The maximum atomic E-state index is 10.4. The third kappa shape index (κ3) is 2.69. The molecule has 1 aromatic carbocycles. The van der Waals surface area contributed by atoms with Crippen LogP contribution in [0.3, 0.4) is 0 Å². The lowest BCUT2D eigenvalue weighted by molar-refractivity contribution is 0.222. The molecule has 1 heterocycles. The first-order chi connectivity index (χ1) is 9.21. The highest BCUT2D eigenvalue weighted by Crippen LogP contribution is 2.33. The average Bonchev–Trinajstić information content (AvgIpc) is 2.94. The Morgan fingerprint density at radius 2 is 2.00 bits per heavy atom. The largest absolute Gasteiger partial charge is 0.493 e. The Labute approximate surface area is 116 Å². The zero-order valence-corrected chi connectivity index (χ0v) is 11.9. The molecule has 0 saturated heterocycles. The van der Waals surface area contributed by atoms with E-state index in [1.54, 1.807) is 26.4 Å². The van der Waals surface area contributed by atoms with Gasteiger partial charge in [-0.2, -0.15) is 0 Å². The molecule has 0 aliphatic heterocycles. The number of aliphatic hydroxyl groups is 1. The first kappa shape index (κ1) is 13.8. The van der Waals surface area contributed by atoms with Gasteiger partial charge < -0.3 is 14.6 Å². The van der Waals surface area contributed by atoms with Crippen molar-refractivity contribution in [2.45, 2.75) is 19.4 Å². The topological polar surface area (TPSA) is 64.5 Å². The number of aliphatic hydroxyl groups excluding tert-OH is 1. The Morgan fingerprint density at radius 3 is 2.63 bits per heavy atom. The number of hydrogen-bond donors (Lipinski definition) is 1. The van der Waals surface area contributed by atoms with Gasteiger partial charge in [-0.3, -0.25) is 0 Å². The van der Waals surface area contributed by atoms with E-state index in [0.717, 1.165) is 22.6 Å². The van der Waals surface area contributed by atoms with E-state index in [-0.39, 0.29) is 0 Å². The number of ether oxygens (including phenoxy) is 2. The molecule has 1 aromatic heterocycles. The van der Waals surface area contributed by atoms with Crippen molar-refractivity contribution in [2.24, 2.45) is 0 Å². The number of aryl methyl sites for hydroxylation is 1. The third-order valence-electron chi connectivity index (χ3n) is 2.89. The second kappa shape index (κ2) is 5.99. The summed E-state index contributed by atoms with van der Waals surface area (Å²) in [7, 11) is 3.15. The fourth-order valence-electron chi connectivity index (χ4n) is 1.84. The highest BCUT2D eigenvalue weighted by atomic mass is 32.1. The molecule has 19 heavy (non-hydrogen) atoms. The van der Waals surface area contributed by atoms with Crippen LogP contribution in [0, 0.1) is 0 Å². The van der Waals surface area contributed by atoms with E-state index < -0.39 is 6.10 Å². The highest BCUT2D eigenvalue weighted by molar-refractivity contribution is 7.05. The molecule has 1 unspecified atom stereocenters. The lowest BCUT2D eigenvalue weighted by atomic mass is 10.1. The van der Waals surface area contributed by atoms with Gasteiger partial charge in [0.25, 0.3) is 0 Å². The summed E-state index contributed by atoms with van der Waals surface area (Å²) in [6, 6.07) is 5.35. The van der Waals surface area contributed by atoms with Crippen LogP contribution in [0.25, 0.3) is 0 Å². The molecule has 1 atom stereocenters. The Morgan fingerprint density at radius 1 is 1.26 bits per heavy atom. The molecule has 0 fully saturated rings. The predicted molar refractivity (Wildman–Crippen MR) is 72.9 cm³/mol. The maximum Gasteiger partial charge on any atom is 0.161 e. The normalized spacial score (nSPS) is 12.2. The standard InChI is InChI=1S/C13H16N2O3S/c1-4-9-13(19-15-14-9)12(16)8-5-6-10(17-2)11(7-8)18-3/h5-7,12,16H,4H2,1-3H3. The minimum Gasteiger partial charge on any atom is -0.493 e. The first-order valence-corrected chi connectivity index (χ1v) is 6.69. The summed E-state index contributed by atoms with van der Waals surface area (Å²) in [6.45, 7) is 1.99. The van der Waals surface area contributed by atoms with Crippen LogP contribution in [0.5, 0.6) is 11.5 Å². The molecule has 0 spiro atoms. The number of hydrogen-bond acceptors (Lipinski definition) is 6. The van der Waals surface area contributed by atoms with Crippen LogP contribution in [0.1, 0.15) is 29.2 Å². The van der Waals surface area contributed by atoms with Crippen molar-refractivity contribution in [3.63, 3.8) is 0 Å².